The number of anilines is 4. The van der Waals surface area contributed by atoms with Crippen molar-refractivity contribution in [2.24, 2.45) is 5.73 Å². The smallest absolute Gasteiger partial charge is 0.264 e. The van der Waals surface area contributed by atoms with Crippen LogP contribution in [0.1, 0.15) is 88.9 Å². The lowest BCUT2D eigenvalue weighted by atomic mass is 10.0. The molecule has 1 atom stereocenters. The third kappa shape index (κ3) is 11.7. The minimum Gasteiger partial charge on any atom is -0.384 e. The molecule has 0 bridgehead atoms. The Morgan fingerprint density at radius 3 is 2.29 bits per heavy atom. The second-order valence-corrected chi connectivity index (χ2v) is 18.0. The molecular formula is C40H47BrFN11O9S. The number of aromatic nitrogens is 2. The van der Waals surface area contributed by atoms with Gasteiger partial charge in [0.2, 0.25) is 39.6 Å². The van der Waals surface area contributed by atoms with Gasteiger partial charge in [0.25, 0.3) is 17.7 Å². The summed E-state index contributed by atoms with van der Waals surface area (Å²) in [6.07, 6.45) is 4.34. The van der Waals surface area contributed by atoms with Crippen molar-refractivity contribution < 1.29 is 46.4 Å². The zero-order chi connectivity index (χ0) is 45.3. The zero-order valence-electron chi connectivity index (χ0n) is 34.0. The molecule has 2 fully saturated rings. The number of fused-ring (bicyclic) bond motifs is 1. The van der Waals surface area contributed by atoms with Crippen molar-refractivity contribution >= 4 is 90.4 Å². The summed E-state index contributed by atoms with van der Waals surface area (Å²) in [5.74, 6) is -4.62. The van der Waals surface area contributed by atoms with Gasteiger partial charge in [-0.15, -0.1) is 0 Å². The van der Waals surface area contributed by atoms with Crippen molar-refractivity contribution in [3.63, 3.8) is 0 Å². The van der Waals surface area contributed by atoms with Crippen LogP contribution in [-0.4, -0.2) is 120 Å². The molecule has 63 heavy (non-hydrogen) atoms. The number of hydrogen-bond acceptors (Lipinski definition) is 14. The molecule has 20 nitrogen and oxygen atoms in total. The summed E-state index contributed by atoms with van der Waals surface area (Å²) in [4.78, 5) is 96.4. The number of rotatable bonds is 20. The number of unbranched alkanes of at least 4 members (excludes halogenated alkanes) is 2. The van der Waals surface area contributed by atoms with Crippen LogP contribution < -0.4 is 37.6 Å². The van der Waals surface area contributed by atoms with Crippen LogP contribution in [0.3, 0.4) is 0 Å². The van der Waals surface area contributed by atoms with E-state index < -0.39 is 57.3 Å². The Kier molecular flexibility index (Phi) is 15.4. The highest BCUT2D eigenvalue weighted by molar-refractivity contribution is 9.10. The first-order valence-electron chi connectivity index (χ1n) is 20.4. The van der Waals surface area contributed by atoms with E-state index in [4.69, 9.17) is 5.73 Å². The predicted octanol–water partition coefficient (Wildman–Crippen LogP) is 2.12. The maximum Gasteiger partial charge on any atom is 0.264 e. The molecule has 2 aromatic carbocycles. The van der Waals surface area contributed by atoms with Gasteiger partial charge in [0.15, 0.2) is 0 Å². The first kappa shape index (κ1) is 46.4. The fraction of sp³-hybridized carbons (Fsp3) is 0.425. The Balaban J connectivity index is 0.827. The van der Waals surface area contributed by atoms with Crippen LogP contribution >= 0.6 is 15.9 Å². The molecule has 3 aliphatic rings. The van der Waals surface area contributed by atoms with Gasteiger partial charge < -0.3 is 32.3 Å². The number of primary amides is 1. The first-order valence-corrected chi connectivity index (χ1v) is 22.8. The molecule has 3 aromatic rings. The van der Waals surface area contributed by atoms with E-state index in [1.54, 1.807) is 12.1 Å². The van der Waals surface area contributed by atoms with E-state index in [1.807, 2.05) is 0 Å². The standard InChI is InChI=1S/C40H47BrFN11O9S/c41-25-22-47-40(51-36(25)49-28-9-5-7-26(42)34(28)35(43)57)48-23-14-19-52(20-15-23)63(61,62)21-18-46-31(55)13-12-30(54)45-17-3-1-2-16-44-27-8-4-6-24-33(27)39(60)53(38(24)59)29-10-11-32(56)50-37(29)58/h4-9,22-23,29,44H,1-3,10-21H2,(H2,43,57)(H,45,54)(H,46,55)(H,50,56,58)(H2,47,48,49,51). The summed E-state index contributed by atoms with van der Waals surface area (Å²) in [6, 6.07) is 7.67. The topological polar surface area (TPSA) is 284 Å². The fourth-order valence-electron chi connectivity index (χ4n) is 7.38. The number of nitrogens with one attached hydrogen (secondary N) is 6. The average Bonchev–Trinajstić information content (AvgIpc) is 3.49. The quantitative estimate of drug-likeness (QED) is 0.0632. The van der Waals surface area contributed by atoms with E-state index in [-0.39, 0.29) is 97.2 Å². The molecule has 0 saturated carbocycles. The summed E-state index contributed by atoms with van der Waals surface area (Å²) in [5.41, 5.74) is 6.00. The first-order chi connectivity index (χ1) is 30.1. The lowest BCUT2D eigenvalue weighted by Gasteiger charge is -2.31. The molecule has 7 amide bonds. The van der Waals surface area contributed by atoms with Crippen LogP contribution in [0.5, 0.6) is 0 Å². The minimum absolute atomic E-state index is 0.0318. The van der Waals surface area contributed by atoms with Gasteiger partial charge >= 0.3 is 0 Å². The number of nitrogens with two attached hydrogens (primary N) is 1. The van der Waals surface area contributed by atoms with E-state index in [1.165, 1.54) is 28.7 Å². The summed E-state index contributed by atoms with van der Waals surface area (Å²) in [6.45, 7) is 1.19. The van der Waals surface area contributed by atoms with Crippen molar-refractivity contribution in [3.05, 3.63) is 69.6 Å². The van der Waals surface area contributed by atoms with Gasteiger partial charge in [-0.3, -0.25) is 43.8 Å². The highest BCUT2D eigenvalue weighted by Gasteiger charge is 2.45. The molecule has 0 aliphatic carbocycles. The molecule has 23 heteroatoms. The molecule has 1 aromatic heterocycles. The van der Waals surface area contributed by atoms with Crippen LogP contribution in [0.15, 0.2) is 47.1 Å². The van der Waals surface area contributed by atoms with Crippen LogP contribution in [-0.2, 0) is 29.2 Å². The normalized spacial score (nSPS) is 16.9. The van der Waals surface area contributed by atoms with Gasteiger partial charge in [0, 0.05) is 69.9 Å². The van der Waals surface area contributed by atoms with Gasteiger partial charge in [0.1, 0.15) is 17.7 Å². The predicted molar refractivity (Wildman–Crippen MR) is 231 cm³/mol. The number of piperidine rings is 2. The van der Waals surface area contributed by atoms with E-state index in [0.717, 1.165) is 17.4 Å². The van der Waals surface area contributed by atoms with Crippen LogP contribution in [0, 0.1) is 5.82 Å². The largest absolute Gasteiger partial charge is 0.384 e. The second-order valence-electron chi connectivity index (χ2n) is 15.0. The minimum atomic E-state index is -3.68. The molecule has 0 spiro atoms. The van der Waals surface area contributed by atoms with E-state index >= 15 is 0 Å². The van der Waals surface area contributed by atoms with Crippen molar-refractivity contribution in [2.75, 3.05) is 54.4 Å². The Labute approximate surface area is 370 Å². The highest BCUT2D eigenvalue weighted by Crippen LogP contribution is 2.33. The van der Waals surface area contributed by atoms with Gasteiger partial charge in [-0.2, -0.15) is 4.98 Å². The molecule has 6 rings (SSSR count). The molecule has 0 radical (unpaired) electrons. The maximum atomic E-state index is 14.2. The maximum absolute atomic E-state index is 14.2. The van der Waals surface area contributed by atoms with Crippen molar-refractivity contribution in [1.82, 2.24) is 35.1 Å². The third-order valence-electron chi connectivity index (χ3n) is 10.7. The third-order valence-corrected chi connectivity index (χ3v) is 13.1. The Morgan fingerprint density at radius 1 is 0.889 bits per heavy atom. The summed E-state index contributed by atoms with van der Waals surface area (Å²) in [5, 5.41) is 16.8. The molecule has 1 unspecified atom stereocenters. The molecule has 2 saturated heterocycles. The number of benzene rings is 2. The summed E-state index contributed by atoms with van der Waals surface area (Å²) < 4.78 is 42.1. The van der Waals surface area contributed by atoms with Gasteiger partial charge in [-0.05, 0) is 78.7 Å². The number of amides is 7. The number of hydrogen-bond donors (Lipinski definition) is 7. The van der Waals surface area contributed by atoms with Crippen LogP contribution in [0.4, 0.5) is 27.5 Å². The highest BCUT2D eigenvalue weighted by atomic mass is 79.9. The molecule has 8 N–H and O–H groups in total. The molecule has 336 valence electrons. The zero-order valence-corrected chi connectivity index (χ0v) is 36.4. The Morgan fingerprint density at radius 2 is 1.57 bits per heavy atom. The lowest BCUT2D eigenvalue weighted by Crippen LogP contribution is -2.54. The van der Waals surface area contributed by atoms with Gasteiger partial charge in [-0.1, -0.05) is 12.1 Å². The fourth-order valence-corrected chi connectivity index (χ4v) is 9.06. The average molecular weight is 957 g/mol. The summed E-state index contributed by atoms with van der Waals surface area (Å²) in [7, 11) is -3.68. The molecule has 3 aliphatic heterocycles. The number of sulfonamides is 1. The number of imide groups is 2. The SMILES string of the molecule is NC(=O)c1c(F)cccc1Nc1nc(NC2CCN(S(=O)(=O)CCNC(=O)CCC(=O)NCCCCCNc3cccc4c3C(=O)N(C3CCC(=O)NC3=O)C4=O)CC2)ncc1Br. The van der Waals surface area contributed by atoms with Gasteiger partial charge in [0.05, 0.1) is 32.6 Å². The Bertz CT molecular complexity index is 2400. The monoisotopic (exact) mass is 955 g/mol. The van der Waals surface area contributed by atoms with Crippen molar-refractivity contribution in [3.8, 4) is 0 Å². The molecule has 4 heterocycles. The Hall–Kier alpha value is -6.07. The van der Waals surface area contributed by atoms with Gasteiger partial charge in [-0.25, -0.2) is 22.1 Å². The number of halogens is 2. The van der Waals surface area contributed by atoms with Crippen LogP contribution in [0.2, 0.25) is 0 Å². The van der Waals surface area contributed by atoms with E-state index in [0.29, 0.717) is 48.9 Å². The van der Waals surface area contributed by atoms with Crippen LogP contribution in [0.25, 0.3) is 0 Å². The van der Waals surface area contributed by atoms with E-state index in [9.17, 15) is 46.4 Å². The van der Waals surface area contributed by atoms with Crippen molar-refractivity contribution in [1.29, 1.82) is 0 Å². The van der Waals surface area contributed by atoms with Crippen molar-refractivity contribution in [2.45, 2.75) is 69.9 Å². The lowest BCUT2D eigenvalue weighted by molar-refractivity contribution is -0.136. The number of carbonyl (C=O) groups is 7. The second kappa shape index (κ2) is 20.9. The summed E-state index contributed by atoms with van der Waals surface area (Å²) >= 11 is 3.34. The number of carbonyl (C=O) groups excluding carboxylic acids is 7. The number of nitrogens with zero attached hydrogens (tertiary/aromatic N) is 4. The molecular weight excluding hydrogens is 909 g/mol. The van der Waals surface area contributed by atoms with E-state index in [2.05, 4.69) is 57.8 Å².